The van der Waals surface area contributed by atoms with Gasteiger partial charge in [-0.3, -0.25) is 4.57 Å². The Morgan fingerprint density at radius 3 is 2.76 bits per heavy atom. The number of hydrogen-bond donors (Lipinski definition) is 3. The van der Waals surface area contributed by atoms with Crippen LogP contribution in [0.3, 0.4) is 0 Å². The Balaban J connectivity index is 1.70. The van der Waals surface area contributed by atoms with Crippen molar-refractivity contribution < 1.29 is 14.9 Å². The number of aromatic nitrogens is 4. The van der Waals surface area contributed by atoms with Crippen molar-refractivity contribution in [1.29, 1.82) is 0 Å². The minimum absolute atomic E-state index is 0.235. The average Bonchev–Trinajstić information content (AvgIpc) is 3.19. The normalized spacial score (nSPS) is 23.4. The van der Waals surface area contributed by atoms with Gasteiger partial charge in [-0.25, -0.2) is 15.0 Å². The smallest absolute Gasteiger partial charge is 0.167 e. The van der Waals surface area contributed by atoms with Gasteiger partial charge in [-0.1, -0.05) is 30.3 Å². The topological polar surface area (TPSA) is 119 Å². The first-order valence-corrected chi connectivity index (χ1v) is 8.13. The first kappa shape index (κ1) is 15.9. The summed E-state index contributed by atoms with van der Waals surface area (Å²) in [6.07, 6.45) is 0.713. The Morgan fingerprint density at radius 2 is 2.04 bits per heavy atom. The highest BCUT2D eigenvalue weighted by molar-refractivity contribution is 5.81. The predicted molar refractivity (Wildman–Crippen MR) is 90.6 cm³/mol. The van der Waals surface area contributed by atoms with Crippen molar-refractivity contribution >= 4 is 17.0 Å². The van der Waals surface area contributed by atoms with Gasteiger partial charge >= 0.3 is 0 Å². The average molecular weight is 341 g/mol. The molecule has 0 radical (unpaired) electrons. The molecule has 0 aliphatic carbocycles. The highest BCUT2D eigenvalue weighted by Gasteiger charge is 2.35. The van der Waals surface area contributed by atoms with Gasteiger partial charge in [0.25, 0.3) is 0 Å². The third kappa shape index (κ3) is 2.95. The van der Waals surface area contributed by atoms with Gasteiger partial charge in [0, 0.05) is 12.8 Å². The van der Waals surface area contributed by atoms with Crippen LogP contribution in [0.25, 0.3) is 11.2 Å². The summed E-state index contributed by atoms with van der Waals surface area (Å²) in [5, 5.41) is 19.2. The van der Waals surface area contributed by atoms with Crippen LogP contribution in [0.15, 0.2) is 36.7 Å². The van der Waals surface area contributed by atoms with Crippen molar-refractivity contribution in [1.82, 2.24) is 19.5 Å². The largest absolute Gasteiger partial charge is 0.394 e. The molecule has 3 aromatic rings. The zero-order chi connectivity index (χ0) is 17.4. The number of hydrogen-bond acceptors (Lipinski definition) is 7. The number of anilines is 1. The molecule has 8 heteroatoms. The predicted octanol–water partition coefficient (Wildman–Crippen LogP) is 0.640. The molecule has 3 atom stereocenters. The van der Waals surface area contributed by atoms with Crippen LogP contribution in [0.4, 0.5) is 5.82 Å². The minimum Gasteiger partial charge on any atom is -0.394 e. The number of rotatable bonds is 4. The molecule has 0 bridgehead atoms. The van der Waals surface area contributed by atoms with E-state index in [4.69, 9.17) is 10.5 Å². The Labute approximate surface area is 143 Å². The van der Waals surface area contributed by atoms with E-state index < -0.39 is 18.4 Å². The molecule has 4 rings (SSSR count). The molecule has 4 N–H and O–H groups in total. The van der Waals surface area contributed by atoms with Crippen molar-refractivity contribution in [2.75, 3.05) is 12.3 Å². The van der Waals surface area contributed by atoms with Crippen LogP contribution in [0.2, 0.25) is 0 Å². The lowest BCUT2D eigenvalue weighted by Crippen LogP contribution is -2.24. The standard InChI is InChI=1S/C17H19N5O3/c18-16-15-17(21-13(20-16)6-10-4-2-1-3-5-10)22(9-19-15)14-7-11(24)12(8-23)25-14/h1-5,9,11-12,14,23-24H,6-8H2,(H2,18,20,21)/t11-,12+,14+/m0/s1. The third-order valence-corrected chi connectivity index (χ3v) is 4.39. The molecule has 1 aliphatic heterocycles. The summed E-state index contributed by atoms with van der Waals surface area (Å²) in [6, 6.07) is 9.89. The van der Waals surface area contributed by atoms with Crippen molar-refractivity contribution in [2.24, 2.45) is 0 Å². The van der Waals surface area contributed by atoms with E-state index in [-0.39, 0.29) is 6.61 Å². The lowest BCUT2D eigenvalue weighted by molar-refractivity contribution is -0.0432. The van der Waals surface area contributed by atoms with Crippen molar-refractivity contribution in [3.05, 3.63) is 48.0 Å². The second-order valence-corrected chi connectivity index (χ2v) is 6.13. The van der Waals surface area contributed by atoms with E-state index in [2.05, 4.69) is 15.0 Å². The fraction of sp³-hybridized carbons (Fsp3) is 0.353. The molecular weight excluding hydrogens is 322 g/mol. The Morgan fingerprint density at radius 1 is 1.24 bits per heavy atom. The first-order chi connectivity index (χ1) is 12.2. The second-order valence-electron chi connectivity index (χ2n) is 6.13. The van der Waals surface area contributed by atoms with Gasteiger partial charge in [0.1, 0.15) is 23.7 Å². The molecule has 2 aromatic heterocycles. The molecule has 0 saturated carbocycles. The van der Waals surface area contributed by atoms with E-state index in [9.17, 15) is 10.2 Å². The van der Waals surface area contributed by atoms with Crippen LogP contribution in [0.5, 0.6) is 0 Å². The summed E-state index contributed by atoms with van der Waals surface area (Å²) < 4.78 is 7.43. The molecule has 130 valence electrons. The Bertz CT molecular complexity index is 883. The van der Waals surface area contributed by atoms with Crippen LogP contribution >= 0.6 is 0 Å². The van der Waals surface area contributed by atoms with E-state index in [1.54, 1.807) is 10.9 Å². The van der Waals surface area contributed by atoms with Crippen molar-refractivity contribution in [2.45, 2.75) is 31.3 Å². The van der Waals surface area contributed by atoms with Gasteiger partial charge in [-0.15, -0.1) is 0 Å². The number of ether oxygens (including phenoxy) is 1. The van der Waals surface area contributed by atoms with Crippen LogP contribution in [-0.4, -0.2) is 48.5 Å². The summed E-state index contributed by atoms with van der Waals surface area (Å²) in [4.78, 5) is 13.2. The molecule has 25 heavy (non-hydrogen) atoms. The highest BCUT2D eigenvalue weighted by atomic mass is 16.5. The van der Waals surface area contributed by atoms with E-state index in [0.29, 0.717) is 35.6 Å². The molecule has 1 aliphatic rings. The summed E-state index contributed by atoms with van der Waals surface area (Å²) in [7, 11) is 0. The summed E-state index contributed by atoms with van der Waals surface area (Å²) in [5.74, 6) is 0.905. The maximum Gasteiger partial charge on any atom is 0.167 e. The van der Waals surface area contributed by atoms with E-state index >= 15 is 0 Å². The summed E-state index contributed by atoms with van der Waals surface area (Å²) >= 11 is 0. The van der Waals surface area contributed by atoms with E-state index in [0.717, 1.165) is 5.56 Å². The molecular formula is C17H19N5O3. The quantitative estimate of drug-likeness (QED) is 0.637. The first-order valence-electron chi connectivity index (χ1n) is 8.13. The van der Waals surface area contributed by atoms with Gasteiger partial charge in [0.05, 0.1) is 19.0 Å². The number of nitrogens with two attached hydrogens (primary N) is 1. The summed E-state index contributed by atoms with van der Waals surface area (Å²) in [5.41, 5.74) is 8.20. The third-order valence-electron chi connectivity index (χ3n) is 4.39. The zero-order valence-electron chi connectivity index (χ0n) is 13.5. The molecule has 0 unspecified atom stereocenters. The fourth-order valence-corrected chi connectivity index (χ4v) is 3.10. The zero-order valence-corrected chi connectivity index (χ0v) is 13.5. The van der Waals surface area contributed by atoms with Crippen LogP contribution in [0, 0.1) is 0 Å². The van der Waals surface area contributed by atoms with Crippen LogP contribution in [-0.2, 0) is 11.2 Å². The fourth-order valence-electron chi connectivity index (χ4n) is 3.10. The number of nitrogens with zero attached hydrogens (tertiary/aromatic N) is 4. The number of aliphatic hydroxyl groups excluding tert-OH is 2. The minimum atomic E-state index is -0.726. The molecule has 1 aromatic carbocycles. The molecule has 0 spiro atoms. The number of fused-ring (bicyclic) bond motifs is 1. The van der Waals surface area contributed by atoms with Gasteiger partial charge in [-0.2, -0.15) is 0 Å². The number of nitrogen functional groups attached to an aromatic ring is 1. The SMILES string of the molecule is Nc1nc(Cc2ccccc2)nc2c1ncn2[C@H]1C[C@H](O)[C@@H](CO)O1. The Kier molecular flexibility index (Phi) is 4.08. The highest BCUT2D eigenvalue weighted by Crippen LogP contribution is 2.31. The van der Waals surface area contributed by atoms with Crippen molar-refractivity contribution in [3.8, 4) is 0 Å². The summed E-state index contributed by atoms with van der Waals surface area (Å²) in [6.45, 7) is -0.235. The van der Waals surface area contributed by atoms with Gasteiger partial charge in [-0.05, 0) is 5.56 Å². The monoisotopic (exact) mass is 341 g/mol. The number of aliphatic hydroxyl groups is 2. The van der Waals surface area contributed by atoms with Crippen LogP contribution < -0.4 is 5.73 Å². The lowest BCUT2D eigenvalue weighted by Gasteiger charge is -2.14. The lowest BCUT2D eigenvalue weighted by atomic mass is 10.1. The van der Waals surface area contributed by atoms with Crippen molar-refractivity contribution in [3.63, 3.8) is 0 Å². The maximum atomic E-state index is 9.96. The number of imidazole rings is 1. The van der Waals surface area contributed by atoms with Gasteiger partial charge in [0.2, 0.25) is 0 Å². The molecule has 0 amide bonds. The van der Waals surface area contributed by atoms with E-state index in [1.165, 1.54) is 0 Å². The molecule has 1 saturated heterocycles. The van der Waals surface area contributed by atoms with Gasteiger partial charge < -0.3 is 20.7 Å². The molecule has 8 nitrogen and oxygen atoms in total. The Hall–Kier alpha value is -2.55. The second kappa shape index (κ2) is 6.40. The number of benzene rings is 1. The van der Waals surface area contributed by atoms with Crippen LogP contribution in [0.1, 0.15) is 24.0 Å². The maximum absolute atomic E-state index is 9.96. The molecule has 1 fully saturated rings. The molecule has 3 heterocycles. The van der Waals surface area contributed by atoms with E-state index in [1.807, 2.05) is 30.3 Å². The van der Waals surface area contributed by atoms with Gasteiger partial charge in [0.15, 0.2) is 11.5 Å².